The molecule has 1 aliphatic rings. The molecule has 6 heteroatoms. The molecule has 1 aromatic heterocycles. The maximum absolute atomic E-state index is 12.5. The van der Waals surface area contributed by atoms with Crippen molar-refractivity contribution >= 4 is 18.3 Å². The van der Waals surface area contributed by atoms with Crippen LogP contribution in [0.3, 0.4) is 0 Å². The summed E-state index contributed by atoms with van der Waals surface area (Å²) in [5.74, 6) is 0.596. The normalized spacial score (nSPS) is 17.3. The van der Waals surface area contributed by atoms with E-state index in [1.807, 2.05) is 48.3 Å². The molecule has 1 saturated heterocycles. The minimum atomic E-state index is 0. The first-order valence-electron chi connectivity index (χ1n) is 7.32. The van der Waals surface area contributed by atoms with Crippen molar-refractivity contribution in [1.82, 2.24) is 20.4 Å². The summed E-state index contributed by atoms with van der Waals surface area (Å²) in [6.07, 6.45) is 1.06. The molecule has 2 N–H and O–H groups in total. The van der Waals surface area contributed by atoms with Gasteiger partial charge in [0, 0.05) is 18.7 Å². The fourth-order valence-electron chi connectivity index (χ4n) is 2.83. The van der Waals surface area contributed by atoms with Crippen molar-refractivity contribution in [3.05, 3.63) is 42.1 Å². The van der Waals surface area contributed by atoms with E-state index in [0.717, 1.165) is 37.3 Å². The van der Waals surface area contributed by atoms with E-state index in [1.165, 1.54) is 0 Å². The lowest BCUT2D eigenvalue weighted by atomic mass is 10.1. The molecule has 1 fully saturated rings. The van der Waals surface area contributed by atoms with Gasteiger partial charge in [-0.3, -0.25) is 9.89 Å². The van der Waals surface area contributed by atoms with Gasteiger partial charge >= 0.3 is 0 Å². The third kappa shape index (κ3) is 3.48. The zero-order valence-electron chi connectivity index (χ0n) is 12.6. The number of hydrogen-bond acceptors (Lipinski definition) is 3. The summed E-state index contributed by atoms with van der Waals surface area (Å²) in [4.78, 5) is 14.4. The Labute approximate surface area is 136 Å². The molecular formula is C16H21ClN4O. The minimum absolute atomic E-state index is 0. The Kier molecular flexibility index (Phi) is 5.57. The fourth-order valence-corrected chi connectivity index (χ4v) is 2.83. The van der Waals surface area contributed by atoms with Crippen molar-refractivity contribution in [3.63, 3.8) is 0 Å². The van der Waals surface area contributed by atoms with E-state index in [-0.39, 0.29) is 18.3 Å². The average Bonchev–Trinajstić information content (AvgIpc) is 3.17. The van der Waals surface area contributed by atoms with Crippen LogP contribution < -0.4 is 5.32 Å². The number of nitrogens with one attached hydrogen (secondary N) is 2. The van der Waals surface area contributed by atoms with Gasteiger partial charge in [-0.05, 0) is 32.0 Å². The van der Waals surface area contributed by atoms with Crippen LogP contribution in [0.4, 0.5) is 0 Å². The Morgan fingerprint density at radius 3 is 2.91 bits per heavy atom. The summed E-state index contributed by atoms with van der Waals surface area (Å²) in [6, 6.07) is 11.7. The Morgan fingerprint density at radius 1 is 1.41 bits per heavy atom. The predicted molar refractivity (Wildman–Crippen MR) is 89.2 cm³/mol. The highest BCUT2D eigenvalue weighted by atomic mass is 35.5. The molecule has 0 saturated carbocycles. The van der Waals surface area contributed by atoms with Crippen molar-refractivity contribution in [1.29, 1.82) is 0 Å². The zero-order chi connectivity index (χ0) is 14.7. The molecule has 5 nitrogen and oxygen atoms in total. The van der Waals surface area contributed by atoms with E-state index in [1.54, 1.807) is 0 Å². The summed E-state index contributed by atoms with van der Waals surface area (Å²) < 4.78 is 0. The second-order valence-electron chi connectivity index (χ2n) is 5.50. The summed E-state index contributed by atoms with van der Waals surface area (Å²) in [6.45, 7) is 2.60. The van der Waals surface area contributed by atoms with E-state index in [0.29, 0.717) is 11.6 Å². The summed E-state index contributed by atoms with van der Waals surface area (Å²) >= 11 is 0. The quantitative estimate of drug-likeness (QED) is 0.907. The summed E-state index contributed by atoms with van der Waals surface area (Å²) in [5.41, 5.74) is 2.39. The highest BCUT2D eigenvalue weighted by Crippen LogP contribution is 2.20. The van der Waals surface area contributed by atoms with Crippen molar-refractivity contribution in [2.24, 2.45) is 5.92 Å². The molecule has 1 unspecified atom stereocenters. The number of benzene rings is 1. The topological polar surface area (TPSA) is 61.0 Å². The number of aromatic amines is 1. The Morgan fingerprint density at radius 2 is 2.18 bits per heavy atom. The van der Waals surface area contributed by atoms with E-state index < -0.39 is 0 Å². The standard InChI is InChI=1S/C16H20N4O.ClH/c1-17-10-12-7-8-20(11-12)16(21)15-9-14(18-19-15)13-5-3-2-4-6-13;/h2-6,9,12,17H,7-8,10-11H2,1H3,(H,18,19);1H. The molecule has 0 spiro atoms. The number of rotatable bonds is 4. The zero-order valence-corrected chi connectivity index (χ0v) is 13.4. The third-order valence-corrected chi connectivity index (χ3v) is 3.94. The Bertz CT molecular complexity index is 614. The molecule has 0 bridgehead atoms. The summed E-state index contributed by atoms with van der Waals surface area (Å²) in [7, 11) is 1.95. The fraction of sp³-hybridized carbons (Fsp3) is 0.375. The van der Waals surface area contributed by atoms with Gasteiger partial charge in [0.05, 0.1) is 5.69 Å². The number of likely N-dealkylation sites (tertiary alicyclic amines) is 1. The lowest BCUT2D eigenvalue weighted by Crippen LogP contribution is -2.30. The van der Waals surface area contributed by atoms with Gasteiger partial charge in [0.25, 0.3) is 5.91 Å². The molecule has 118 valence electrons. The van der Waals surface area contributed by atoms with Gasteiger partial charge in [0.15, 0.2) is 0 Å². The van der Waals surface area contributed by atoms with Crippen LogP contribution >= 0.6 is 12.4 Å². The molecular weight excluding hydrogens is 300 g/mol. The van der Waals surface area contributed by atoms with Gasteiger partial charge in [-0.1, -0.05) is 30.3 Å². The number of amides is 1. The van der Waals surface area contributed by atoms with Crippen LogP contribution in [0.1, 0.15) is 16.9 Å². The molecule has 2 aromatic rings. The van der Waals surface area contributed by atoms with Gasteiger partial charge in [0.2, 0.25) is 0 Å². The minimum Gasteiger partial charge on any atom is -0.337 e. The molecule has 1 aromatic carbocycles. The van der Waals surface area contributed by atoms with Crippen LogP contribution in [0.5, 0.6) is 0 Å². The second-order valence-corrected chi connectivity index (χ2v) is 5.50. The first-order valence-corrected chi connectivity index (χ1v) is 7.32. The summed E-state index contributed by atoms with van der Waals surface area (Å²) in [5, 5.41) is 10.3. The number of H-pyrrole nitrogens is 1. The first-order chi connectivity index (χ1) is 10.3. The monoisotopic (exact) mass is 320 g/mol. The molecule has 1 atom stereocenters. The molecule has 0 aliphatic carbocycles. The van der Waals surface area contributed by atoms with Gasteiger partial charge in [-0.15, -0.1) is 12.4 Å². The molecule has 1 aliphatic heterocycles. The number of aromatic nitrogens is 2. The van der Waals surface area contributed by atoms with Crippen molar-refractivity contribution in [2.75, 3.05) is 26.7 Å². The molecule has 2 heterocycles. The maximum Gasteiger partial charge on any atom is 0.271 e. The average molecular weight is 321 g/mol. The third-order valence-electron chi connectivity index (χ3n) is 3.94. The number of carbonyl (C=O) groups is 1. The molecule has 1 amide bonds. The van der Waals surface area contributed by atoms with Crippen LogP contribution in [0.2, 0.25) is 0 Å². The highest BCUT2D eigenvalue weighted by Gasteiger charge is 2.27. The predicted octanol–water partition coefficient (Wildman–Crippen LogP) is 2.18. The van der Waals surface area contributed by atoms with Crippen LogP contribution in [0, 0.1) is 5.92 Å². The van der Waals surface area contributed by atoms with Crippen molar-refractivity contribution in [3.8, 4) is 11.3 Å². The molecule has 3 rings (SSSR count). The van der Waals surface area contributed by atoms with Crippen LogP contribution in [0.25, 0.3) is 11.3 Å². The lowest BCUT2D eigenvalue weighted by Gasteiger charge is -2.15. The van der Waals surface area contributed by atoms with Crippen molar-refractivity contribution < 1.29 is 4.79 Å². The van der Waals surface area contributed by atoms with Crippen LogP contribution in [-0.2, 0) is 0 Å². The van der Waals surface area contributed by atoms with Gasteiger partial charge < -0.3 is 10.2 Å². The Balaban J connectivity index is 0.00000176. The maximum atomic E-state index is 12.5. The highest BCUT2D eigenvalue weighted by molar-refractivity contribution is 5.93. The number of nitrogens with zero attached hydrogens (tertiary/aromatic N) is 2. The SMILES string of the molecule is CNCC1CCN(C(=O)c2cc(-c3ccccc3)n[nH]2)C1.Cl. The van der Waals surface area contributed by atoms with Gasteiger partial charge in [-0.25, -0.2) is 0 Å². The Hall–Kier alpha value is -1.85. The van der Waals surface area contributed by atoms with E-state index >= 15 is 0 Å². The molecule has 22 heavy (non-hydrogen) atoms. The van der Waals surface area contributed by atoms with Crippen LogP contribution in [-0.4, -0.2) is 47.7 Å². The number of carbonyl (C=O) groups excluding carboxylic acids is 1. The largest absolute Gasteiger partial charge is 0.337 e. The first kappa shape index (κ1) is 16.5. The lowest BCUT2D eigenvalue weighted by molar-refractivity contribution is 0.0781. The van der Waals surface area contributed by atoms with Crippen molar-refractivity contribution in [2.45, 2.75) is 6.42 Å². The van der Waals surface area contributed by atoms with Crippen LogP contribution in [0.15, 0.2) is 36.4 Å². The molecule has 0 radical (unpaired) electrons. The van der Waals surface area contributed by atoms with E-state index in [4.69, 9.17) is 0 Å². The number of halogens is 1. The van der Waals surface area contributed by atoms with Gasteiger partial charge in [0.1, 0.15) is 5.69 Å². The second kappa shape index (κ2) is 7.42. The van der Waals surface area contributed by atoms with E-state index in [2.05, 4.69) is 15.5 Å². The number of hydrogen-bond donors (Lipinski definition) is 2. The smallest absolute Gasteiger partial charge is 0.271 e. The van der Waals surface area contributed by atoms with Gasteiger partial charge in [-0.2, -0.15) is 5.10 Å². The van der Waals surface area contributed by atoms with E-state index in [9.17, 15) is 4.79 Å².